The lowest BCUT2D eigenvalue weighted by Crippen LogP contribution is -2.09. The van der Waals surface area contributed by atoms with Crippen LogP contribution in [0.4, 0.5) is 5.69 Å². The second-order valence-electron chi connectivity index (χ2n) is 3.66. The molecule has 0 aromatic carbocycles. The maximum absolute atomic E-state index is 12.0. The first-order chi connectivity index (χ1) is 9.11. The van der Waals surface area contributed by atoms with Crippen molar-refractivity contribution in [3.05, 3.63) is 40.2 Å². The van der Waals surface area contributed by atoms with E-state index in [-0.39, 0.29) is 18.0 Å². The molecule has 0 spiro atoms. The summed E-state index contributed by atoms with van der Waals surface area (Å²) >= 11 is 1.17. The van der Waals surface area contributed by atoms with Crippen molar-refractivity contribution in [2.75, 3.05) is 12.9 Å². The van der Waals surface area contributed by atoms with E-state index < -0.39 is 10.9 Å². The Morgan fingerprint density at radius 3 is 2.84 bits per heavy atom. The van der Waals surface area contributed by atoms with Gasteiger partial charge in [-0.25, -0.2) is 4.79 Å². The van der Waals surface area contributed by atoms with Gasteiger partial charge in [0.2, 0.25) is 0 Å². The molecule has 2 heterocycles. The highest BCUT2D eigenvalue weighted by atomic mass is 32.2. The molecule has 0 aliphatic heterocycles. The summed E-state index contributed by atoms with van der Waals surface area (Å²) in [5.41, 5.74) is 0.535. The smallest absolute Gasteiger partial charge is 0.356 e. The third kappa shape index (κ3) is 2.17. The van der Waals surface area contributed by atoms with Gasteiger partial charge in [0.25, 0.3) is 0 Å². The number of carbonyl (C=O) groups excluding carboxylic acids is 1. The summed E-state index contributed by atoms with van der Waals surface area (Å²) < 4.78 is 6.48. The molecule has 2 rings (SSSR count). The fourth-order valence-corrected chi connectivity index (χ4v) is 2.68. The quantitative estimate of drug-likeness (QED) is 0.372. The number of nitro groups is 1. The van der Waals surface area contributed by atoms with Crippen LogP contribution in [0.15, 0.2) is 29.3 Å². The minimum atomic E-state index is -0.554. The van der Waals surface area contributed by atoms with Gasteiger partial charge in [-0.05, 0) is 25.3 Å². The molecule has 0 unspecified atom stereocenters. The SMILES string of the molecule is CCOC(=O)c1c(SC)c([N+](=O)[O-])c2ccccn12. The van der Waals surface area contributed by atoms with Gasteiger partial charge in [0.1, 0.15) is 10.4 Å². The normalized spacial score (nSPS) is 10.6. The number of thioether (sulfide) groups is 1. The van der Waals surface area contributed by atoms with Crippen LogP contribution >= 0.6 is 11.8 Å². The number of carbonyl (C=O) groups is 1. The van der Waals surface area contributed by atoms with Crippen LogP contribution in [0.2, 0.25) is 0 Å². The van der Waals surface area contributed by atoms with Gasteiger partial charge in [0, 0.05) is 6.20 Å². The van der Waals surface area contributed by atoms with E-state index in [1.165, 1.54) is 16.2 Å². The van der Waals surface area contributed by atoms with Crippen molar-refractivity contribution in [2.45, 2.75) is 11.8 Å². The summed E-state index contributed by atoms with van der Waals surface area (Å²) in [7, 11) is 0. The standard InChI is InChI=1S/C12H12N2O4S/c1-3-18-12(15)10-11(19-2)9(14(16)17)8-6-4-5-7-13(8)10/h4-7H,3H2,1-2H3. The first kappa shape index (κ1) is 13.4. The molecular formula is C12H12N2O4S. The van der Waals surface area contributed by atoms with Crippen LogP contribution in [0.3, 0.4) is 0 Å². The zero-order chi connectivity index (χ0) is 14.0. The van der Waals surface area contributed by atoms with Crippen molar-refractivity contribution >= 4 is 28.9 Å². The van der Waals surface area contributed by atoms with E-state index in [1.807, 2.05) is 0 Å². The monoisotopic (exact) mass is 280 g/mol. The average molecular weight is 280 g/mol. The lowest BCUT2D eigenvalue weighted by Gasteiger charge is -2.03. The largest absolute Gasteiger partial charge is 0.461 e. The summed E-state index contributed by atoms with van der Waals surface area (Å²) in [6.45, 7) is 1.92. The molecule has 6 nitrogen and oxygen atoms in total. The first-order valence-electron chi connectivity index (χ1n) is 5.60. The van der Waals surface area contributed by atoms with Crippen LogP contribution < -0.4 is 0 Å². The second-order valence-corrected chi connectivity index (χ2v) is 4.48. The lowest BCUT2D eigenvalue weighted by molar-refractivity contribution is -0.385. The number of hydrogen-bond donors (Lipinski definition) is 0. The van der Waals surface area contributed by atoms with Crippen LogP contribution in [-0.2, 0) is 4.74 Å². The summed E-state index contributed by atoms with van der Waals surface area (Å²) in [6, 6.07) is 5.02. The zero-order valence-corrected chi connectivity index (χ0v) is 11.3. The zero-order valence-electron chi connectivity index (χ0n) is 10.5. The average Bonchev–Trinajstić information content (AvgIpc) is 2.73. The molecule has 0 N–H and O–H groups in total. The van der Waals surface area contributed by atoms with Crippen molar-refractivity contribution in [1.29, 1.82) is 0 Å². The van der Waals surface area contributed by atoms with E-state index in [2.05, 4.69) is 0 Å². The van der Waals surface area contributed by atoms with Gasteiger partial charge < -0.3 is 9.14 Å². The summed E-state index contributed by atoms with van der Waals surface area (Å²) in [4.78, 5) is 23.1. The maximum Gasteiger partial charge on any atom is 0.356 e. The first-order valence-corrected chi connectivity index (χ1v) is 6.82. The lowest BCUT2D eigenvalue weighted by atomic mass is 10.3. The van der Waals surface area contributed by atoms with Crippen LogP contribution in [0.5, 0.6) is 0 Å². The van der Waals surface area contributed by atoms with Gasteiger partial charge in [-0.1, -0.05) is 6.07 Å². The highest BCUT2D eigenvalue weighted by molar-refractivity contribution is 7.98. The Hall–Kier alpha value is -2.02. The molecule has 100 valence electrons. The molecule has 19 heavy (non-hydrogen) atoms. The molecule has 0 atom stereocenters. The molecule has 2 aromatic rings. The van der Waals surface area contributed by atoms with Crippen molar-refractivity contribution in [1.82, 2.24) is 4.40 Å². The predicted octanol–water partition coefficient (Wildman–Crippen LogP) is 2.75. The van der Waals surface area contributed by atoms with Crippen LogP contribution in [0.25, 0.3) is 5.52 Å². The van der Waals surface area contributed by atoms with E-state index in [0.29, 0.717) is 10.4 Å². The van der Waals surface area contributed by atoms with Gasteiger partial charge in [0.05, 0.1) is 11.5 Å². The number of fused-ring (bicyclic) bond motifs is 1. The fourth-order valence-electron chi connectivity index (χ4n) is 1.93. The molecule has 0 amide bonds. The van der Waals surface area contributed by atoms with Gasteiger partial charge >= 0.3 is 11.7 Å². The Balaban J connectivity index is 2.81. The van der Waals surface area contributed by atoms with E-state index in [1.54, 1.807) is 37.6 Å². The number of rotatable bonds is 4. The Kier molecular flexibility index (Phi) is 3.75. The van der Waals surface area contributed by atoms with Crippen LogP contribution in [-0.4, -0.2) is 28.2 Å². The summed E-state index contributed by atoms with van der Waals surface area (Å²) in [5.74, 6) is -0.554. The predicted molar refractivity (Wildman–Crippen MR) is 71.8 cm³/mol. The summed E-state index contributed by atoms with van der Waals surface area (Å²) in [5, 5.41) is 11.2. The van der Waals surface area contributed by atoms with Gasteiger partial charge in [-0.2, -0.15) is 0 Å². The molecule has 0 bridgehead atoms. The Bertz CT molecular complexity index is 650. The molecule has 0 saturated carbocycles. The van der Waals surface area contributed by atoms with Crippen LogP contribution in [0, 0.1) is 10.1 Å². The topological polar surface area (TPSA) is 73.8 Å². The number of pyridine rings is 1. The molecule has 0 saturated heterocycles. The number of aromatic nitrogens is 1. The highest BCUT2D eigenvalue weighted by Crippen LogP contribution is 2.37. The van der Waals surface area contributed by atoms with Crippen molar-refractivity contribution in [2.24, 2.45) is 0 Å². The van der Waals surface area contributed by atoms with E-state index in [9.17, 15) is 14.9 Å². The third-order valence-electron chi connectivity index (χ3n) is 2.63. The highest BCUT2D eigenvalue weighted by Gasteiger charge is 2.30. The number of ether oxygens (including phenoxy) is 1. The van der Waals surface area contributed by atoms with E-state index in [0.717, 1.165) is 0 Å². The number of esters is 1. The second kappa shape index (κ2) is 5.31. The molecule has 0 fully saturated rings. The third-order valence-corrected chi connectivity index (χ3v) is 3.42. The Labute approximate surface area is 113 Å². The van der Waals surface area contributed by atoms with Crippen molar-refractivity contribution in [3.63, 3.8) is 0 Å². The van der Waals surface area contributed by atoms with E-state index in [4.69, 9.17) is 4.74 Å². The molecule has 0 aliphatic rings. The molecule has 0 aliphatic carbocycles. The van der Waals surface area contributed by atoms with Gasteiger partial charge in [-0.3, -0.25) is 10.1 Å². The molecule has 7 heteroatoms. The number of nitrogens with zero attached hydrogens (tertiary/aromatic N) is 2. The van der Waals surface area contributed by atoms with Crippen LogP contribution in [0.1, 0.15) is 17.4 Å². The minimum absolute atomic E-state index is 0.0591. The minimum Gasteiger partial charge on any atom is -0.461 e. The Morgan fingerprint density at radius 1 is 1.53 bits per heavy atom. The maximum atomic E-state index is 12.0. The summed E-state index contributed by atoms with van der Waals surface area (Å²) in [6.07, 6.45) is 3.32. The molecule has 0 radical (unpaired) electrons. The van der Waals surface area contributed by atoms with Gasteiger partial charge in [0.15, 0.2) is 5.69 Å². The molecular weight excluding hydrogens is 268 g/mol. The Morgan fingerprint density at radius 2 is 2.26 bits per heavy atom. The van der Waals surface area contributed by atoms with E-state index >= 15 is 0 Å². The number of hydrogen-bond acceptors (Lipinski definition) is 5. The molecule has 2 aromatic heterocycles. The van der Waals surface area contributed by atoms with Crippen molar-refractivity contribution in [3.8, 4) is 0 Å². The fraction of sp³-hybridized carbons (Fsp3) is 0.250. The van der Waals surface area contributed by atoms with Gasteiger partial charge in [-0.15, -0.1) is 11.8 Å². The van der Waals surface area contributed by atoms with Crippen molar-refractivity contribution < 1.29 is 14.5 Å².